The first-order chi connectivity index (χ1) is 11.1. The predicted octanol–water partition coefficient (Wildman–Crippen LogP) is 1.37. The highest BCUT2D eigenvalue weighted by Crippen LogP contribution is 2.24. The molecule has 124 valence electrons. The predicted molar refractivity (Wildman–Crippen MR) is 84.4 cm³/mol. The average molecular weight is 319 g/mol. The molecule has 1 atom stereocenters. The minimum absolute atomic E-state index is 0.0919. The van der Waals surface area contributed by atoms with E-state index in [1.807, 2.05) is 23.9 Å². The fourth-order valence-electron chi connectivity index (χ4n) is 3.10. The van der Waals surface area contributed by atoms with Crippen molar-refractivity contribution in [3.63, 3.8) is 0 Å². The number of aliphatic hydroxyl groups excluding tert-OH is 1. The number of nitrogens with zero attached hydrogens (tertiary/aromatic N) is 3. The first-order valence-corrected chi connectivity index (χ1v) is 7.77. The summed E-state index contributed by atoms with van der Waals surface area (Å²) in [5.41, 5.74) is 1.26. The van der Waals surface area contributed by atoms with Gasteiger partial charge in [0.15, 0.2) is 0 Å². The number of hydrogen-bond acceptors (Lipinski definition) is 4. The van der Waals surface area contributed by atoms with Gasteiger partial charge in [-0.3, -0.25) is 4.90 Å². The number of hydrogen-bond donors (Lipinski definition) is 1. The molecule has 6 heteroatoms. The third-order valence-corrected chi connectivity index (χ3v) is 4.33. The number of aryl methyl sites for hydroxylation is 1. The fourth-order valence-corrected chi connectivity index (χ4v) is 3.10. The van der Waals surface area contributed by atoms with Crippen molar-refractivity contribution in [1.82, 2.24) is 14.5 Å². The number of benzene rings is 1. The van der Waals surface area contributed by atoms with Crippen LogP contribution in [0.1, 0.15) is 11.3 Å². The topological polar surface area (TPSA) is 50.5 Å². The van der Waals surface area contributed by atoms with Gasteiger partial charge in [-0.05, 0) is 17.7 Å². The summed E-state index contributed by atoms with van der Waals surface area (Å²) in [6, 6.07) is 6.47. The molecule has 1 unspecified atom stereocenters. The van der Waals surface area contributed by atoms with E-state index in [0.29, 0.717) is 19.6 Å². The second-order valence-electron chi connectivity index (χ2n) is 6.20. The minimum atomic E-state index is -0.690. The average Bonchev–Trinajstić information content (AvgIpc) is 2.93. The van der Waals surface area contributed by atoms with E-state index in [0.717, 1.165) is 24.3 Å². The monoisotopic (exact) mass is 319 g/mol. The Labute approximate surface area is 135 Å². The van der Waals surface area contributed by atoms with Gasteiger partial charge in [0.05, 0.1) is 25.2 Å². The van der Waals surface area contributed by atoms with Crippen molar-refractivity contribution in [2.24, 2.45) is 7.05 Å². The van der Waals surface area contributed by atoms with E-state index in [9.17, 15) is 9.50 Å². The van der Waals surface area contributed by atoms with Gasteiger partial charge >= 0.3 is 0 Å². The van der Waals surface area contributed by atoms with Crippen LogP contribution in [0.15, 0.2) is 36.8 Å². The van der Waals surface area contributed by atoms with Crippen molar-refractivity contribution in [3.05, 3.63) is 53.9 Å². The van der Waals surface area contributed by atoms with Gasteiger partial charge in [-0.1, -0.05) is 12.1 Å². The molecule has 23 heavy (non-hydrogen) atoms. The van der Waals surface area contributed by atoms with Crippen LogP contribution in [-0.4, -0.2) is 51.5 Å². The lowest BCUT2D eigenvalue weighted by atomic mass is 9.93. The number of ether oxygens (including phenoxy) is 1. The van der Waals surface area contributed by atoms with E-state index in [4.69, 9.17) is 4.74 Å². The van der Waals surface area contributed by atoms with E-state index in [1.54, 1.807) is 12.4 Å². The van der Waals surface area contributed by atoms with Crippen molar-refractivity contribution >= 4 is 0 Å². The molecule has 3 rings (SSSR count). The molecule has 1 aliphatic rings. The second kappa shape index (κ2) is 6.78. The number of aliphatic hydroxyl groups is 1. The molecular formula is C17H22FN3O2. The third-order valence-electron chi connectivity index (χ3n) is 4.33. The molecule has 1 aliphatic heterocycles. The summed E-state index contributed by atoms with van der Waals surface area (Å²) >= 11 is 0. The molecule has 0 bridgehead atoms. The van der Waals surface area contributed by atoms with Gasteiger partial charge in [0.25, 0.3) is 0 Å². The SMILES string of the molecule is Cn1cncc1CN1CCOC(CO)(Cc2cccc(F)c2)C1. The quantitative estimate of drug-likeness (QED) is 0.904. The van der Waals surface area contributed by atoms with Crippen LogP contribution in [0.5, 0.6) is 0 Å². The highest BCUT2D eigenvalue weighted by atomic mass is 19.1. The highest BCUT2D eigenvalue weighted by molar-refractivity contribution is 5.19. The van der Waals surface area contributed by atoms with Gasteiger partial charge in [-0.15, -0.1) is 0 Å². The molecule has 0 amide bonds. The van der Waals surface area contributed by atoms with E-state index >= 15 is 0 Å². The Morgan fingerprint density at radius 2 is 2.30 bits per heavy atom. The Balaban J connectivity index is 1.72. The normalized spacial score (nSPS) is 22.4. The maximum Gasteiger partial charge on any atom is 0.123 e. The van der Waals surface area contributed by atoms with Crippen LogP contribution in [0.25, 0.3) is 0 Å². The number of morpholine rings is 1. The van der Waals surface area contributed by atoms with Gasteiger partial charge in [0, 0.05) is 39.3 Å². The van der Waals surface area contributed by atoms with Crippen LogP contribution >= 0.6 is 0 Å². The van der Waals surface area contributed by atoms with Crippen LogP contribution in [0, 0.1) is 5.82 Å². The van der Waals surface area contributed by atoms with Crippen LogP contribution in [0.3, 0.4) is 0 Å². The Hall–Kier alpha value is -1.76. The number of aromatic nitrogens is 2. The standard InChI is InChI=1S/C17H22FN3O2/c1-20-13-19-9-16(20)10-21-5-6-23-17(11-21,12-22)8-14-3-2-4-15(18)7-14/h2-4,7,9,13,22H,5-6,8,10-12H2,1H3. The van der Waals surface area contributed by atoms with Crippen LogP contribution in [-0.2, 0) is 24.8 Å². The van der Waals surface area contributed by atoms with Crippen molar-refractivity contribution in [3.8, 4) is 0 Å². The fraction of sp³-hybridized carbons (Fsp3) is 0.471. The van der Waals surface area contributed by atoms with E-state index in [-0.39, 0.29) is 12.4 Å². The third kappa shape index (κ3) is 3.77. The Morgan fingerprint density at radius 1 is 1.43 bits per heavy atom. The zero-order valence-corrected chi connectivity index (χ0v) is 13.3. The molecule has 0 aliphatic carbocycles. The minimum Gasteiger partial charge on any atom is -0.393 e. The summed E-state index contributed by atoms with van der Waals surface area (Å²) in [5, 5.41) is 9.91. The van der Waals surface area contributed by atoms with Crippen molar-refractivity contribution in [2.45, 2.75) is 18.6 Å². The van der Waals surface area contributed by atoms with E-state index in [2.05, 4.69) is 9.88 Å². The molecule has 5 nitrogen and oxygen atoms in total. The Kier molecular flexibility index (Phi) is 4.75. The number of halogens is 1. The molecule has 1 N–H and O–H groups in total. The lowest BCUT2D eigenvalue weighted by molar-refractivity contribution is -0.134. The summed E-state index contributed by atoms with van der Waals surface area (Å²) in [5.74, 6) is -0.266. The lowest BCUT2D eigenvalue weighted by Gasteiger charge is -2.42. The van der Waals surface area contributed by atoms with Crippen molar-refractivity contribution < 1.29 is 14.2 Å². The van der Waals surface area contributed by atoms with Gasteiger partial charge in [-0.25, -0.2) is 9.37 Å². The summed E-state index contributed by atoms with van der Waals surface area (Å²) in [6.07, 6.45) is 4.12. The Morgan fingerprint density at radius 3 is 3.00 bits per heavy atom. The van der Waals surface area contributed by atoms with Gasteiger partial charge in [-0.2, -0.15) is 0 Å². The largest absolute Gasteiger partial charge is 0.393 e. The molecule has 2 heterocycles. The molecule has 1 saturated heterocycles. The molecule has 0 radical (unpaired) electrons. The van der Waals surface area contributed by atoms with Crippen LogP contribution in [0.4, 0.5) is 4.39 Å². The molecule has 0 saturated carbocycles. The number of rotatable bonds is 5. The maximum atomic E-state index is 13.4. The van der Waals surface area contributed by atoms with Crippen molar-refractivity contribution in [1.29, 1.82) is 0 Å². The van der Waals surface area contributed by atoms with Gasteiger partial charge < -0.3 is 14.4 Å². The van der Waals surface area contributed by atoms with E-state index < -0.39 is 5.60 Å². The first-order valence-electron chi connectivity index (χ1n) is 7.77. The molecule has 1 fully saturated rings. The summed E-state index contributed by atoms with van der Waals surface area (Å²) in [6.45, 7) is 2.62. The van der Waals surface area contributed by atoms with Crippen LogP contribution in [0.2, 0.25) is 0 Å². The molecular weight excluding hydrogens is 297 g/mol. The highest BCUT2D eigenvalue weighted by Gasteiger charge is 2.36. The second-order valence-corrected chi connectivity index (χ2v) is 6.20. The van der Waals surface area contributed by atoms with Gasteiger partial charge in [0.2, 0.25) is 0 Å². The number of imidazole rings is 1. The molecule has 2 aromatic rings. The first kappa shape index (κ1) is 16.1. The maximum absolute atomic E-state index is 13.4. The summed E-state index contributed by atoms with van der Waals surface area (Å²) in [7, 11) is 1.97. The molecule has 1 aromatic heterocycles. The Bertz CT molecular complexity index is 661. The summed E-state index contributed by atoms with van der Waals surface area (Å²) < 4.78 is 21.3. The van der Waals surface area contributed by atoms with E-state index in [1.165, 1.54) is 12.1 Å². The molecule has 0 spiro atoms. The molecule has 1 aromatic carbocycles. The van der Waals surface area contributed by atoms with Gasteiger partial charge in [0.1, 0.15) is 11.4 Å². The summed E-state index contributed by atoms with van der Waals surface area (Å²) in [4.78, 5) is 6.38. The van der Waals surface area contributed by atoms with Crippen LogP contribution < -0.4 is 0 Å². The smallest absolute Gasteiger partial charge is 0.123 e. The zero-order chi connectivity index (χ0) is 16.3. The van der Waals surface area contributed by atoms with Crippen molar-refractivity contribution in [2.75, 3.05) is 26.3 Å². The zero-order valence-electron chi connectivity index (χ0n) is 13.3. The lowest BCUT2D eigenvalue weighted by Crippen LogP contribution is -2.55.